The molecule has 12 heavy (non-hydrogen) atoms. The third kappa shape index (κ3) is 1.77. The third-order valence-corrected chi connectivity index (χ3v) is 1.85. The van der Waals surface area contributed by atoms with E-state index in [1.165, 1.54) is 0 Å². The van der Waals surface area contributed by atoms with Gasteiger partial charge in [0.25, 0.3) is 0 Å². The Labute approximate surface area is 72.1 Å². The van der Waals surface area contributed by atoms with Gasteiger partial charge < -0.3 is 9.47 Å². The van der Waals surface area contributed by atoms with Crippen molar-refractivity contribution in [1.82, 2.24) is 0 Å². The molecule has 1 radical (unpaired) electrons. The molecule has 0 bridgehead atoms. The second-order valence-electron chi connectivity index (χ2n) is 2.96. The molecule has 0 aliphatic carbocycles. The maximum atomic E-state index is 5.52. The lowest BCUT2D eigenvalue weighted by Crippen LogP contribution is -2.04. The summed E-state index contributed by atoms with van der Waals surface area (Å²) in [6.07, 6.45) is 0.327. The lowest BCUT2D eigenvalue weighted by Gasteiger charge is -2.05. The molecule has 1 atom stereocenters. The SMILES string of the molecule is Cc1c[c]ccc1OCC1CO1. The Kier molecular flexibility index (Phi) is 2.00. The average molecular weight is 163 g/mol. The summed E-state index contributed by atoms with van der Waals surface area (Å²) < 4.78 is 10.6. The Morgan fingerprint density at radius 1 is 1.75 bits per heavy atom. The summed E-state index contributed by atoms with van der Waals surface area (Å²) in [6, 6.07) is 8.70. The van der Waals surface area contributed by atoms with E-state index in [1.807, 2.05) is 25.1 Å². The van der Waals surface area contributed by atoms with Gasteiger partial charge in [0.2, 0.25) is 0 Å². The Bertz CT molecular complexity index is 266. The van der Waals surface area contributed by atoms with Crippen molar-refractivity contribution < 1.29 is 9.47 Å². The van der Waals surface area contributed by atoms with Gasteiger partial charge in [-0.05, 0) is 30.7 Å². The van der Waals surface area contributed by atoms with Crippen molar-refractivity contribution >= 4 is 0 Å². The van der Waals surface area contributed by atoms with E-state index in [1.54, 1.807) is 0 Å². The summed E-state index contributed by atoms with van der Waals surface area (Å²) in [6.45, 7) is 3.53. The molecule has 2 rings (SSSR count). The van der Waals surface area contributed by atoms with Crippen LogP contribution in [0, 0.1) is 13.0 Å². The lowest BCUT2D eigenvalue weighted by atomic mass is 10.2. The number of ether oxygens (including phenoxy) is 2. The highest BCUT2D eigenvalue weighted by molar-refractivity contribution is 5.31. The highest BCUT2D eigenvalue weighted by Crippen LogP contribution is 2.18. The first-order chi connectivity index (χ1) is 5.86. The fourth-order valence-electron chi connectivity index (χ4n) is 1.01. The molecule has 0 aromatic heterocycles. The Balaban J connectivity index is 1.96. The number of hydrogen-bond donors (Lipinski definition) is 0. The minimum Gasteiger partial charge on any atom is -0.491 e. The minimum atomic E-state index is 0.327. The van der Waals surface area contributed by atoms with Gasteiger partial charge >= 0.3 is 0 Å². The van der Waals surface area contributed by atoms with Crippen LogP contribution in [0.25, 0.3) is 0 Å². The van der Waals surface area contributed by atoms with Gasteiger partial charge in [-0.1, -0.05) is 6.07 Å². The smallest absolute Gasteiger partial charge is 0.122 e. The molecule has 1 aromatic rings. The predicted octanol–water partition coefficient (Wildman–Crippen LogP) is 1.57. The number of benzene rings is 1. The molecule has 1 fully saturated rings. The van der Waals surface area contributed by atoms with Gasteiger partial charge in [-0.3, -0.25) is 0 Å². The molecule has 2 nitrogen and oxygen atoms in total. The zero-order chi connectivity index (χ0) is 8.39. The lowest BCUT2D eigenvalue weighted by molar-refractivity contribution is 0.262. The van der Waals surface area contributed by atoms with Crippen LogP contribution < -0.4 is 4.74 Å². The van der Waals surface area contributed by atoms with Crippen LogP contribution in [0.4, 0.5) is 0 Å². The average Bonchev–Trinajstić information content (AvgIpc) is 2.86. The first-order valence-corrected chi connectivity index (χ1v) is 4.07. The van der Waals surface area contributed by atoms with Crippen molar-refractivity contribution in [1.29, 1.82) is 0 Å². The van der Waals surface area contributed by atoms with Crippen LogP contribution in [-0.2, 0) is 4.74 Å². The number of epoxide rings is 1. The van der Waals surface area contributed by atoms with Gasteiger partial charge in [0, 0.05) is 0 Å². The molecule has 2 heteroatoms. The molecule has 1 unspecified atom stereocenters. The summed E-state index contributed by atoms with van der Waals surface area (Å²) in [5, 5.41) is 0. The zero-order valence-corrected chi connectivity index (χ0v) is 7.04. The van der Waals surface area contributed by atoms with Gasteiger partial charge in [-0.25, -0.2) is 0 Å². The van der Waals surface area contributed by atoms with Crippen molar-refractivity contribution in [2.75, 3.05) is 13.2 Å². The maximum absolute atomic E-state index is 5.52. The van der Waals surface area contributed by atoms with Crippen LogP contribution in [0.1, 0.15) is 5.56 Å². The van der Waals surface area contributed by atoms with Gasteiger partial charge in [0.1, 0.15) is 18.5 Å². The predicted molar refractivity (Wildman–Crippen MR) is 45.3 cm³/mol. The van der Waals surface area contributed by atoms with E-state index in [0.29, 0.717) is 12.7 Å². The Morgan fingerprint density at radius 3 is 3.25 bits per heavy atom. The van der Waals surface area contributed by atoms with Gasteiger partial charge in [-0.15, -0.1) is 0 Å². The molecule has 1 aromatic carbocycles. The second-order valence-corrected chi connectivity index (χ2v) is 2.96. The molecular weight excluding hydrogens is 152 g/mol. The van der Waals surface area contributed by atoms with Gasteiger partial charge in [-0.2, -0.15) is 0 Å². The fourth-order valence-corrected chi connectivity index (χ4v) is 1.01. The normalized spacial score (nSPS) is 20.6. The van der Waals surface area contributed by atoms with E-state index in [2.05, 4.69) is 6.07 Å². The summed E-state index contributed by atoms with van der Waals surface area (Å²) in [5.41, 5.74) is 1.12. The van der Waals surface area contributed by atoms with Crippen molar-refractivity contribution in [2.45, 2.75) is 13.0 Å². The summed E-state index contributed by atoms with van der Waals surface area (Å²) in [5.74, 6) is 0.934. The monoisotopic (exact) mass is 163 g/mol. The van der Waals surface area contributed by atoms with Gasteiger partial charge in [0.15, 0.2) is 0 Å². The molecule has 0 saturated carbocycles. The van der Waals surface area contributed by atoms with Crippen LogP contribution in [0.5, 0.6) is 5.75 Å². The molecule has 0 spiro atoms. The van der Waals surface area contributed by atoms with Crippen LogP contribution in [0.3, 0.4) is 0 Å². The van der Waals surface area contributed by atoms with E-state index in [0.717, 1.165) is 17.9 Å². The van der Waals surface area contributed by atoms with Crippen LogP contribution >= 0.6 is 0 Å². The van der Waals surface area contributed by atoms with E-state index < -0.39 is 0 Å². The quantitative estimate of drug-likeness (QED) is 0.631. The third-order valence-electron chi connectivity index (χ3n) is 1.85. The Hall–Kier alpha value is -1.02. The van der Waals surface area contributed by atoms with E-state index in [4.69, 9.17) is 9.47 Å². The molecule has 0 N–H and O–H groups in total. The fraction of sp³-hybridized carbons (Fsp3) is 0.400. The zero-order valence-electron chi connectivity index (χ0n) is 7.04. The highest BCUT2D eigenvalue weighted by atomic mass is 16.6. The summed E-state index contributed by atoms with van der Waals surface area (Å²) >= 11 is 0. The summed E-state index contributed by atoms with van der Waals surface area (Å²) in [7, 11) is 0. The van der Waals surface area contributed by atoms with Crippen molar-refractivity contribution in [2.24, 2.45) is 0 Å². The molecule has 1 saturated heterocycles. The topological polar surface area (TPSA) is 21.8 Å². The van der Waals surface area contributed by atoms with E-state index in [9.17, 15) is 0 Å². The van der Waals surface area contributed by atoms with Crippen LogP contribution in [0.2, 0.25) is 0 Å². The van der Waals surface area contributed by atoms with Crippen molar-refractivity contribution in [3.8, 4) is 5.75 Å². The number of rotatable bonds is 3. The molecule has 1 aliphatic rings. The number of hydrogen-bond acceptors (Lipinski definition) is 2. The molecule has 1 aliphatic heterocycles. The van der Waals surface area contributed by atoms with Crippen molar-refractivity contribution in [3.05, 3.63) is 29.8 Å². The van der Waals surface area contributed by atoms with Crippen molar-refractivity contribution in [3.63, 3.8) is 0 Å². The highest BCUT2D eigenvalue weighted by Gasteiger charge is 2.23. The first kappa shape index (κ1) is 7.62. The van der Waals surface area contributed by atoms with Crippen LogP contribution in [-0.4, -0.2) is 19.3 Å². The summed E-state index contributed by atoms with van der Waals surface area (Å²) in [4.78, 5) is 0. The largest absolute Gasteiger partial charge is 0.491 e. The molecule has 0 amide bonds. The Morgan fingerprint density at radius 2 is 2.58 bits per heavy atom. The standard InChI is InChI=1S/C10H11O2/c1-8-4-2-3-5-10(8)12-7-9-6-11-9/h3-5,9H,6-7H2,1H3. The molecular formula is C10H11O2. The molecule has 1 heterocycles. The minimum absolute atomic E-state index is 0.327. The number of aryl methyl sites for hydroxylation is 1. The van der Waals surface area contributed by atoms with E-state index in [-0.39, 0.29) is 0 Å². The van der Waals surface area contributed by atoms with Gasteiger partial charge in [0.05, 0.1) is 6.61 Å². The first-order valence-electron chi connectivity index (χ1n) is 4.07. The maximum Gasteiger partial charge on any atom is 0.122 e. The van der Waals surface area contributed by atoms with E-state index >= 15 is 0 Å². The second kappa shape index (κ2) is 3.15. The van der Waals surface area contributed by atoms with Crippen LogP contribution in [0.15, 0.2) is 18.2 Å². The molecule has 63 valence electrons.